The van der Waals surface area contributed by atoms with E-state index in [0.717, 1.165) is 28.0 Å². The van der Waals surface area contributed by atoms with Gasteiger partial charge < -0.3 is 4.57 Å². The van der Waals surface area contributed by atoms with Crippen LogP contribution in [0.1, 0.15) is 0 Å². The lowest BCUT2D eigenvalue weighted by atomic mass is 10.0. The van der Waals surface area contributed by atoms with Gasteiger partial charge in [-0.1, -0.05) is 121 Å². The van der Waals surface area contributed by atoms with E-state index in [9.17, 15) is 0 Å². The molecule has 0 saturated carbocycles. The molecule has 0 saturated heterocycles. The second-order valence-electron chi connectivity index (χ2n) is 14.6. The molecule has 0 bridgehead atoms. The van der Waals surface area contributed by atoms with E-state index in [-0.39, 0.29) is 0 Å². The molecule has 0 unspecified atom stereocenters. The van der Waals surface area contributed by atoms with Crippen molar-refractivity contribution in [2.45, 2.75) is 0 Å². The van der Waals surface area contributed by atoms with Crippen molar-refractivity contribution in [1.82, 2.24) is 19.1 Å². The molecule has 0 aliphatic rings. The van der Waals surface area contributed by atoms with E-state index in [0.29, 0.717) is 5.95 Å². The SMILES string of the molecule is c1ccc(-c2ccc3sc4c(-c5ccnc(-n6c7ccccc7c7cc(-c8ccc9c(c8)c8ccccc8n9-c8ccccc8)ccc76)n5)cccc4c3c2)cc1. The summed E-state index contributed by atoms with van der Waals surface area (Å²) in [6, 6.07) is 67.6. The topological polar surface area (TPSA) is 35.6 Å². The van der Waals surface area contributed by atoms with Gasteiger partial charge in [0.2, 0.25) is 5.95 Å². The van der Waals surface area contributed by atoms with Gasteiger partial charge >= 0.3 is 0 Å². The second-order valence-corrected chi connectivity index (χ2v) is 15.7. The number of aromatic nitrogens is 4. The summed E-state index contributed by atoms with van der Waals surface area (Å²) in [6.07, 6.45) is 1.90. The van der Waals surface area contributed by atoms with Crippen LogP contribution in [0.2, 0.25) is 0 Å². The minimum Gasteiger partial charge on any atom is -0.309 e. The summed E-state index contributed by atoms with van der Waals surface area (Å²) < 4.78 is 7.08. The molecule has 4 nitrogen and oxygen atoms in total. The van der Waals surface area contributed by atoms with Crippen molar-refractivity contribution in [2.75, 3.05) is 0 Å². The van der Waals surface area contributed by atoms with Gasteiger partial charge in [-0.15, -0.1) is 11.3 Å². The molecule has 0 aliphatic carbocycles. The lowest BCUT2D eigenvalue weighted by molar-refractivity contribution is 0.993. The third-order valence-electron chi connectivity index (χ3n) is 11.4. The standard InChI is InChI=1S/C52H32N4S/c1-3-12-33(13-4-1)34-24-27-50-44(32-34)40-18-11-19-41(51(40)57-50)45-28-29-53-52(54-45)56-47-21-10-8-17-39(47)43-31-36(23-26-49(43)56)35-22-25-48-42(30-35)38-16-7-9-20-46(38)55(48)37-14-5-2-6-15-37/h1-32H. The van der Waals surface area contributed by atoms with Crippen LogP contribution in [0.4, 0.5) is 0 Å². The molecular formula is C52H32N4S. The lowest BCUT2D eigenvalue weighted by Gasteiger charge is -2.09. The van der Waals surface area contributed by atoms with Crippen molar-refractivity contribution in [3.05, 3.63) is 194 Å². The maximum atomic E-state index is 5.30. The number of rotatable bonds is 5. The molecule has 5 heteroatoms. The van der Waals surface area contributed by atoms with Gasteiger partial charge in [-0.2, -0.15) is 0 Å². The van der Waals surface area contributed by atoms with Crippen LogP contribution < -0.4 is 0 Å². The molecule has 266 valence electrons. The second kappa shape index (κ2) is 12.6. The van der Waals surface area contributed by atoms with Gasteiger partial charge in [-0.3, -0.25) is 4.57 Å². The Morgan fingerprint density at radius 1 is 0.386 bits per heavy atom. The van der Waals surface area contributed by atoms with E-state index in [2.05, 4.69) is 191 Å². The Hall–Kier alpha value is -7.34. The number of benzene rings is 8. The van der Waals surface area contributed by atoms with E-state index in [1.165, 1.54) is 75.0 Å². The zero-order valence-corrected chi connectivity index (χ0v) is 31.5. The molecule has 12 aromatic rings. The van der Waals surface area contributed by atoms with Crippen LogP contribution >= 0.6 is 11.3 Å². The highest BCUT2D eigenvalue weighted by Crippen LogP contribution is 2.42. The van der Waals surface area contributed by atoms with Crippen molar-refractivity contribution in [1.29, 1.82) is 0 Å². The summed E-state index contributed by atoms with van der Waals surface area (Å²) in [5.41, 5.74) is 12.6. The monoisotopic (exact) mass is 744 g/mol. The van der Waals surface area contributed by atoms with Crippen molar-refractivity contribution >= 4 is 75.1 Å². The fourth-order valence-corrected chi connectivity index (χ4v) is 10.00. The Morgan fingerprint density at radius 2 is 0.947 bits per heavy atom. The summed E-state index contributed by atoms with van der Waals surface area (Å²) in [7, 11) is 0. The molecule has 8 aromatic carbocycles. The summed E-state index contributed by atoms with van der Waals surface area (Å²) >= 11 is 1.83. The molecule has 12 rings (SSSR count). The smallest absolute Gasteiger partial charge is 0.235 e. The summed E-state index contributed by atoms with van der Waals surface area (Å²) in [5.74, 6) is 0.658. The first-order valence-electron chi connectivity index (χ1n) is 19.2. The van der Waals surface area contributed by atoms with Gasteiger partial charge in [0.05, 0.1) is 27.8 Å². The van der Waals surface area contributed by atoms with Crippen molar-refractivity contribution in [3.63, 3.8) is 0 Å². The van der Waals surface area contributed by atoms with E-state index in [1.807, 2.05) is 23.6 Å². The number of fused-ring (bicyclic) bond motifs is 9. The average molecular weight is 745 g/mol. The van der Waals surface area contributed by atoms with Gasteiger partial charge in [-0.05, 0) is 89.0 Å². The molecule has 4 aromatic heterocycles. The third-order valence-corrected chi connectivity index (χ3v) is 12.6. The molecule has 0 spiro atoms. The summed E-state index contributed by atoms with van der Waals surface area (Å²) in [4.78, 5) is 10.2. The van der Waals surface area contributed by atoms with Crippen molar-refractivity contribution in [2.24, 2.45) is 0 Å². The minimum absolute atomic E-state index is 0.658. The zero-order valence-electron chi connectivity index (χ0n) is 30.7. The van der Waals surface area contributed by atoms with Gasteiger partial charge in [0, 0.05) is 59.2 Å². The van der Waals surface area contributed by atoms with Crippen LogP contribution in [-0.2, 0) is 0 Å². The van der Waals surface area contributed by atoms with Crippen LogP contribution in [0.3, 0.4) is 0 Å². The van der Waals surface area contributed by atoms with Crippen molar-refractivity contribution in [3.8, 4) is 45.1 Å². The van der Waals surface area contributed by atoms with Gasteiger partial charge in [0.1, 0.15) is 0 Å². The largest absolute Gasteiger partial charge is 0.309 e. The highest BCUT2D eigenvalue weighted by molar-refractivity contribution is 7.26. The molecule has 57 heavy (non-hydrogen) atoms. The normalized spacial score (nSPS) is 11.9. The first kappa shape index (κ1) is 32.0. The zero-order chi connectivity index (χ0) is 37.5. The Balaban J connectivity index is 0.983. The number of thiophene rings is 1. The number of hydrogen-bond donors (Lipinski definition) is 0. The van der Waals surface area contributed by atoms with Crippen LogP contribution in [0.5, 0.6) is 0 Å². The van der Waals surface area contributed by atoms with Crippen LogP contribution in [0.15, 0.2) is 194 Å². The quantitative estimate of drug-likeness (QED) is 0.176. The molecule has 0 atom stereocenters. The van der Waals surface area contributed by atoms with E-state index >= 15 is 0 Å². The highest BCUT2D eigenvalue weighted by Gasteiger charge is 2.19. The fourth-order valence-electron chi connectivity index (χ4n) is 8.79. The van der Waals surface area contributed by atoms with Crippen molar-refractivity contribution < 1.29 is 0 Å². The lowest BCUT2D eigenvalue weighted by Crippen LogP contribution is -2.01. The van der Waals surface area contributed by atoms with Gasteiger partial charge in [0.25, 0.3) is 0 Å². The van der Waals surface area contributed by atoms with Crippen LogP contribution in [0.25, 0.3) is 109 Å². The fraction of sp³-hybridized carbons (Fsp3) is 0. The third kappa shape index (κ3) is 4.99. The summed E-state index contributed by atoms with van der Waals surface area (Å²) in [5, 5.41) is 7.35. The Labute approximate surface area is 332 Å². The van der Waals surface area contributed by atoms with Gasteiger partial charge in [0.15, 0.2) is 0 Å². The van der Waals surface area contributed by atoms with E-state index < -0.39 is 0 Å². The maximum Gasteiger partial charge on any atom is 0.235 e. The number of para-hydroxylation sites is 3. The molecular weight excluding hydrogens is 713 g/mol. The first-order chi connectivity index (χ1) is 28.3. The predicted molar refractivity (Wildman–Crippen MR) is 240 cm³/mol. The molecule has 0 N–H and O–H groups in total. The first-order valence-corrected chi connectivity index (χ1v) is 20.1. The van der Waals surface area contributed by atoms with E-state index in [1.54, 1.807) is 0 Å². The number of hydrogen-bond acceptors (Lipinski definition) is 3. The maximum absolute atomic E-state index is 5.30. The molecule has 4 heterocycles. The molecule has 0 amide bonds. The molecule has 0 aliphatic heterocycles. The predicted octanol–water partition coefficient (Wildman–Crippen LogP) is 14.0. The molecule has 0 radical (unpaired) electrons. The van der Waals surface area contributed by atoms with Gasteiger partial charge in [-0.25, -0.2) is 9.97 Å². The Kier molecular flexibility index (Phi) is 7.06. The number of nitrogens with zero attached hydrogens (tertiary/aromatic N) is 4. The Bertz CT molecular complexity index is 3520. The highest BCUT2D eigenvalue weighted by atomic mass is 32.1. The molecule has 0 fully saturated rings. The van der Waals surface area contributed by atoms with Crippen LogP contribution in [-0.4, -0.2) is 19.1 Å². The van der Waals surface area contributed by atoms with E-state index in [4.69, 9.17) is 9.97 Å². The minimum atomic E-state index is 0.658. The average Bonchev–Trinajstić information content (AvgIpc) is 3.94. The van der Waals surface area contributed by atoms with Crippen LogP contribution in [0, 0.1) is 0 Å². The summed E-state index contributed by atoms with van der Waals surface area (Å²) in [6.45, 7) is 0. The Morgan fingerprint density at radius 3 is 1.68 bits per heavy atom.